The Morgan fingerprint density at radius 1 is 1.47 bits per heavy atom. The fraction of sp³-hybridized carbons (Fsp3) is 0.200. The van der Waals surface area contributed by atoms with E-state index in [1.54, 1.807) is 12.5 Å². The third-order valence-electron chi connectivity index (χ3n) is 1.86. The number of furan rings is 1. The van der Waals surface area contributed by atoms with Crippen LogP contribution in [0.15, 0.2) is 33.7 Å². The summed E-state index contributed by atoms with van der Waals surface area (Å²) >= 11 is 3.32. The van der Waals surface area contributed by atoms with Crippen LogP contribution in [0, 0.1) is 6.92 Å². The zero-order chi connectivity index (χ0) is 10.7. The van der Waals surface area contributed by atoms with Gasteiger partial charge in [-0.2, -0.15) is 0 Å². The molecule has 78 valence electrons. The van der Waals surface area contributed by atoms with Gasteiger partial charge in [0.05, 0.1) is 12.5 Å². The van der Waals surface area contributed by atoms with Gasteiger partial charge in [-0.05, 0) is 28.9 Å². The lowest BCUT2D eigenvalue weighted by Gasteiger charge is -2.04. The first-order valence-corrected chi connectivity index (χ1v) is 5.29. The molecule has 0 fully saturated rings. The molecular weight excluding hydrogens is 258 g/mol. The third kappa shape index (κ3) is 2.79. The van der Waals surface area contributed by atoms with Crippen molar-refractivity contribution in [3.05, 3.63) is 40.7 Å². The van der Waals surface area contributed by atoms with E-state index in [0.29, 0.717) is 6.54 Å². The zero-order valence-corrected chi connectivity index (χ0v) is 9.78. The molecule has 0 unspecified atom stereocenters. The predicted octanol–water partition coefficient (Wildman–Crippen LogP) is 2.75. The van der Waals surface area contributed by atoms with Crippen LogP contribution in [0.25, 0.3) is 0 Å². The van der Waals surface area contributed by atoms with Gasteiger partial charge in [0.15, 0.2) is 0 Å². The number of aryl methyl sites for hydroxylation is 1. The third-order valence-corrected chi connectivity index (χ3v) is 2.27. The molecule has 0 aliphatic heterocycles. The van der Waals surface area contributed by atoms with E-state index in [2.05, 4.69) is 31.2 Å². The molecule has 0 saturated carbocycles. The second kappa shape index (κ2) is 4.44. The van der Waals surface area contributed by atoms with E-state index in [1.165, 1.54) is 0 Å². The Labute approximate surface area is 95.9 Å². The maximum absolute atomic E-state index is 4.97. The monoisotopic (exact) mass is 267 g/mol. The molecule has 0 aromatic carbocycles. The first kappa shape index (κ1) is 10.2. The second-order valence-electron chi connectivity index (χ2n) is 3.11. The van der Waals surface area contributed by atoms with Gasteiger partial charge >= 0.3 is 0 Å². The molecule has 0 atom stereocenters. The normalized spacial score (nSPS) is 10.3. The number of hydrogen-bond acceptors (Lipinski definition) is 4. The van der Waals surface area contributed by atoms with Crippen molar-refractivity contribution in [3.8, 4) is 0 Å². The predicted molar refractivity (Wildman–Crippen MR) is 60.5 cm³/mol. The van der Waals surface area contributed by atoms with Crippen molar-refractivity contribution in [1.82, 2.24) is 9.97 Å². The van der Waals surface area contributed by atoms with Gasteiger partial charge in [0.2, 0.25) is 0 Å². The molecule has 2 aromatic rings. The number of hydrogen-bond donors (Lipinski definition) is 1. The number of halogens is 1. The minimum Gasteiger partial charge on any atom is -0.472 e. The van der Waals surface area contributed by atoms with Gasteiger partial charge in [0.25, 0.3) is 0 Å². The van der Waals surface area contributed by atoms with Gasteiger partial charge in [0.1, 0.15) is 16.2 Å². The molecule has 0 spiro atoms. The summed E-state index contributed by atoms with van der Waals surface area (Å²) in [4.78, 5) is 8.38. The summed E-state index contributed by atoms with van der Waals surface area (Å²) in [5.74, 6) is 1.54. The maximum Gasteiger partial charge on any atom is 0.131 e. The maximum atomic E-state index is 4.97. The quantitative estimate of drug-likeness (QED) is 0.869. The highest BCUT2D eigenvalue weighted by Crippen LogP contribution is 2.13. The SMILES string of the molecule is Cc1nc(Br)cc(NCc2ccoc2)n1. The molecule has 0 bridgehead atoms. The first-order chi connectivity index (χ1) is 7.24. The first-order valence-electron chi connectivity index (χ1n) is 4.50. The zero-order valence-electron chi connectivity index (χ0n) is 8.20. The fourth-order valence-electron chi connectivity index (χ4n) is 1.21. The van der Waals surface area contributed by atoms with Gasteiger partial charge in [-0.3, -0.25) is 0 Å². The van der Waals surface area contributed by atoms with Gasteiger partial charge in [-0.15, -0.1) is 0 Å². The number of rotatable bonds is 3. The highest BCUT2D eigenvalue weighted by atomic mass is 79.9. The van der Waals surface area contributed by atoms with E-state index in [9.17, 15) is 0 Å². The molecule has 2 heterocycles. The molecule has 2 rings (SSSR count). The Bertz CT molecular complexity index is 422. The lowest BCUT2D eigenvalue weighted by atomic mass is 10.3. The van der Waals surface area contributed by atoms with Crippen LogP contribution in [0.5, 0.6) is 0 Å². The summed E-state index contributed by atoms with van der Waals surface area (Å²) in [6, 6.07) is 3.75. The molecule has 0 aliphatic carbocycles. The average Bonchev–Trinajstić information content (AvgIpc) is 2.65. The van der Waals surface area contributed by atoms with Crippen LogP contribution in [0.1, 0.15) is 11.4 Å². The molecule has 0 amide bonds. The lowest BCUT2D eigenvalue weighted by molar-refractivity contribution is 0.564. The van der Waals surface area contributed by atoms with Gasteiger partial charge < -0.3 is 9.73 Å². The van der Waals surface area contributed by atoms with E-state index < -0.39 is 0 Å². The standard InChI is InChI=1S/C10H10BrN3O/c1-7-13-9(11)4-10(14-7)12-5-8-2-3-15-6-8/h2-4,6H,5H2,1H3,(H,12,13,14). The van der Waals surface area contributed by atoms with Crippen molar-refractivity contribution in [2.75, 3.05) is 5.32 Å². The van der Waals surface area contributed by atoms with Crippen molar-refractivity contribution in [3.63, 3.8) is 0 Å². The van der Waals surface area contributed by atoms with E-state index >= 15 is 0 Å². The van der Waals surface area contributed by atoms with Crippen LogP contribution in [0.4, 0.5) is 5.82 Å². The summed E-state index contributed by atoms with van der Waals surface area (Å²) in [7, 11) is 0. The van der Waals surface area contributed by atoms with Crippen LogP contribution >= 0.6 is 15.9 Å². The number of nitrogens with zero attached hydrogens (tertiary/aromatic N) is 2. The lowest BCUT2D eigenvalue weighted by Crippen LogP contribution is -2.02. The summed E-state index contributed by atoms with van der Waals surface area (Å²) in [6.45, 7) is 2.55. The van der Waals surface area contributed by atoms with Crippen LogP contribution in [0.3, 0.4) is 0 Å². The second-order valence-corrected chi connectivity index (χ2v) is 3.92. The molecule has 0 radical (unpaired) electrons. The van der Waals surface area contributed by atoms with Crippen molar-refractivity contribution in [2.24, 2.45) is 0 Å². The molecular formula is C10H10BrN3O. The van der Waals surface area contributed by atoms with Crippen LogP contribution < -0.4 is 5.32 Å². The minimum absolute atomic E-state index is 0.694. The molecule has 0 saturated heterocycles. The minimum atomic E-state index is 0.694. The van der Waals surface area contributed by atoms with Crippen molar-refractivity contribution >= 4 is 21.7 Å². The molecule has 2 aromatic heterocycles. The molecule has 1 N–H and O–H groups in total. The Morgan fingerprint density at radius 3 is 3.00 bits per heavy atom. The molecule has 15 heavy (non-hydrogen) atoms. The van der Waals surface area contributed by atoms with Crippen molar-refractivity contribution in [2.45, 2.75) is 13.5 Å². The average molecular weight is 268 g/mol. The van der Waals surface area contributed by atoms with Gasteiger partial charge in [-0.25, -0.2) is 9.97 Å². The Balaban J connectivity index is 2.05. The fourth-order valence-corrected chi connectivity index (χ4v) is 1.68. The van der Waals surface area contributed by atoms with E-state index in [0.717, 1.165) is 21.8 Å². The molecule has 5 heteroatoms. The van der Waals surface area contributed by atoms with Crippen molar-refractivity contribution in [1.29, 1.82) is 0 Å². The highest BCUT2D eigenvalue weighted by molar-refractivity contribution is 9.10. The topological polar surface area (TPSA) is 51.0 Å². The van der Waals surface area contributed by atoms with Crippen LogP contribution in [-0.4, -0.2) is 9.97 Å². The number of nitrogens with one attached hydrogen (secondary N) is 1. The summed E-state index contributed by atoms with van der Waals surface area (Å²) < 4.78 is 5.75. The largest absolute Gasteiger partial charge is 0.472 e. The van der Waals surface area contributed by atoms with E-state index in [-0.39, 0.29) is 0 Å². The Morgan fingerprint density at radius 2 is 2.33 bits per heavy atom. The number of aromatic nitrogens is 2. The number of anilines is 1. The molecule has 4 nitrogen and oxygen atoms in total. The highest BCUT2D eigenvalue weighted by Gasteiger charge is 1.99. The van der Waals surface area contributed by atoms with E-state index in [1.807, 2.05) is 19.1 Å². The summed E-state index contributed by atoms with van der Waals surface area (Å²) in [5.41, 5.74) is 1.09. The summed E-state index contributed by atoms with van der Waals surface area (Å²) in [6.07, 6.45) is 3.36. The summed E-state index contributed by atoms with van der Waals surface area (Å²) in [5, 5.41) is 3.19. The molecule has 0 aliphatic rings. The smallest absolute Gasteiger partial charge is 0.131 e. The van der Waals surface area contributed by atoms with Gasteiger partial charge in [0, 0.05) is 18.2 Å². The Kier molecular flexibility index (Phi) is 3.01. The Hall–Kier alpha value is -1.36. The van der Waals surface area contributed by atoms with Gasteiger partial charge in [-0.1, -0.05) is 0 Å². The van der Waals surface area contributed by atoms with E-state index in [4.69, 9.17) is 4.42 Å². The van der Waals surface area contributed by atoms with Crippen molar-refractivity contribution < 1.29 is 4.42 Å². The van der Waals surface area contributed by atoms with Crippen LogP contribution in [0.2, 0.25) is 0 Å². The van der Waals surface area contributed by atoms with Crippen LogP contribution in [-0.2, 0) is 6.54 Å².